The Morgan fingerprint density at radius 1 is 1.23 bits per heavy atom. The van der Waals surface area contributed by atoms with Crippen molar-refractivity contribution in [2.75, 3.05) is 24.7 Å². The van der Waals surface area contributed by atoms with Crippen LogP contribution in [0.15, 0.2) is 56.7 Å². The van der Waals surface area contributed by atoms with Gasteiger partial charge in [-0.3, -0.25) is 9.59 Å². The highest BCUT2D eigenvalue weighted by atomic mass is 32.2. The molecule has 1 aliphatic rings. The molecule has 0 radical (unpaired) electrons. The van der Waals surface area contributed by atoms with Gasteiger partial charge in [-0.25, -0.2) is 4.39 Å². The molecule has 7 nitrogen and oxygen atoms in total. The minimum Gasteiger partial charge on any atom is -0.362 e. The van der Waals surface area contributed by atoms with Crippen molar-refractivity contribution >= 4 is 45.0 Å². The molecule has 0 atom stereocenters. The fourth-order valence-corrected chi connectivity index (χ4v) is 4.87. The van der Waals surface area contributed by atoms with Gasteiger partial charge in [0.05, 0.1) is 10.6 Å². The topological polar surface area (TPSA) is 95.9 Å². The number of hydrogen-bond donors (Lipinski definition) is 1. The number of amides is 1. The summed E-state index contributed by atoms with van der Waals surface area (Å²) in [5.41, 5.74) is 0.566. The lowest BCUT2D eigenvalue weighted by atomic mass is 10.1. The maximum Gasteiger partial charge on any atom is 0.284 e. The molecule has 1 fully saturated rings. The first kappa shape index (κ1) is 23.0. The average Bonchev–Trinajstić information content (AvgIpc) is 3.11. The van der Waals surface area contributed by atoms with E-state index in [0.717, 1.165) is 30.8 Å². The number of amidine groups is 1. The summed E-state index contributed by atoms with van der Waals surface area (Å²) < 4.78 is 43.2. The fourth-order valence-electron chi connectivity index (χ4n) is 3.01. The van der Waals surface area contributed by atoms with Crippen molar-refractivity contribution in [1.29, 1.82) is 0 Å². The quantitative estimate of drug-likeness (QED) is 0.498. The van der Waals surface area contributed by atoms with Crippen LogP contribution in [-0.2, 0) is 14.8 Å². The van der Waals surface area contributed by atoms with E-state index >= 15 is 0 Å². The van der Waals surface area contributed by atoms with Crippen molar-refractivity contribution in [3.05, 3.63) is 53.8 Å². The van der Waals surface area contributed by atoms with Crippen molar-refractivity contribution in [3.8, 4) is 0 Å². The number of benzene rings is 2. The van der Waals surface area contributed by atoms with Gasteiger partial charge in [0, 0.05) is 36.2 Å². The second-order valence-corrected chi connectivity index (χ2v) is 9.70. The Morgan fingerprint density at radius 2 is 2.00 bits per heavy atom. The summed E-state index contributed by atoms with van der Waals surface area (Å²) in [6, 6.07) is 9.96. The van der Waals surface area contributed by atoms with Gasteiger partial charge in [-0.2, -0.15) is 8.42 Å². The van der Waals surface area contributed by atoms with E-state index in [-0.39, 0.29) is 26.9 Å². The van der Waals surface area contributed by atoms with Crippen molar-refractivity contribution in [2.45, 2.75) is 29.6 Å². The molecule has 2 aromatic rings. The number of nitrogens with zero attached hydrogens (tertiary/aromatic N) is 2. The molecule has 1 aliphatic heterocycles. The number of thioether (sulfide) groups is 1. The molecule has 1 heterocycles. The highest BCUT2D eigenvalue weighted by Crippen LogP contribution is 2.24. The first-order valence-corrected chi connectivity index (χ1v) is 12.0. The van der Waals surface area contributed by atoms with Gasteiger partial charge in [0.1, 0.15) is 11.7 Å². The van der Waals surface area contributed by atoms with Gasteiger partial charge in [0.2, 0.25) is 5.91 Å². The number of carbonyl (C=O) groups excluding carboxylic acids is 2. The first-order valence-electron chi connectivity index (χ1n) is 9.54. The normalized spacial score (nSPS) is 15.3. The highest BCUT2D eigenvalue weighted by molar-refractivity contribution is 8.00. The largest absolute Gasteiger partial charge is 0.362 e. The summed E-state index contributed by atoms with van der Waals surface area (Å²) in [4.78, 5) is 25.6. The number of carbonyl (C=O) groups is 2. The molecular formula is C21H22FN3O4S2. The molecule has 0 saturated carbocycles. The van der Waals surface area contributed by atoms with Gasteiger partial charge < -0.3 is 10.2 Å². The number of halogens is 1. The standard InChI is InChI=1S/C21H22FN3O4S2/c1-14(26)15-8-9-19(18(22)11-15)30-13-21(27)23-16-5-3-6-17(12-16)31(28,29)24-20-7-4-10-25(20)2/h3,5-6,8-9,11-12H,4,7,10,13H2,1-2H3,(H,23,27)/b24-20+. The molecule has 164 valence electrons. The third kappa shape index (κ3) is 5.92. The minimum atomic E-state index is -3.89. The average molecular weight is 464 g/mol. The number of ketones is 1. The molecule has 3 rings (SSSR count). The molecule has 0 aliphatic carbocycles. The Morgan fingerprint density at radius 3 is 2.65 bits per heavy atom. The summed E-state index contributed by atoms with van der Waals surface area (Å²) in [6.07, 6.45) is 1.46. The number of anilines is 1. The Hall–Kier alpha value is -2.72. The van der Waals surface area contributed by atoms with Crippen LogP contribution in [-0.4, -0.2) is 50.2 Å². The fraction of sp³-hybridized carbons (Fsp3) is 0.286. The predicted octanol–water partition coefficient (Wildman–Crippen LogP) is 3.57. The van der Waals surface area contributed by atoms with E-state index in [9.17, 15) is 22.4 Å². The third-order valence-corrected chi connectivity index (χ3v) is 7.02. The number of nitrogens with one attached hydrogen (secondary N) is 1. The van der Waals surface area contributed by atoms with Crippen LogP contribution in [0.1, 0.15) is 30.1 Å². The van der Waals surface area contributed by atoms with Crippen LogP contribution in [0.2, 0.25) is 0 Å². The lowest BCUT2D eigenvalue weighted by Gasteiger charge is -2.11. The van der Waals surface area contributed by atoms with Gasteiger partial charge >= 0.3 is 0 Å². The van der Waals surface area contributed by atoms with Crippen LogP contribution in [0.4, 0.5) is 10.1 Å². The summed E-state index contributed by atoms with van der Waals surface area (Å²) in [6.45, 7) is 2.11. The molecule has 1 amide bonds. The maximum absolute atomic E-state index is 14.1. The molecule has 1 N–H and O–H groups in total. The van der Waals surface area contributed by atoms with Crippen molar-refractivity contribution in [3.63, 3.8) is 0 Å². The third-order valence-electron chi connectivity index (χ3n) is 4.67. The van der Waals surface area contributed by atoms with Crippen LogP contribution in [0.25, 0.3) is 0 Å². The number of sulfonamides is 1. The summed E-state index contributed by atoms with van der Waals surface area (Å²) in [5.74, 6) is -0.803. The summed E-state index contributed by atoms with van der Waals surface area (Å²) in [7, 11) is -2.10. The minimum absolute atomic E-state index is 0.0170. The summed E-state index contributed by atoms with van der Waals surface area (Å²) in [5, 5.41) is 2.62. The zero-order valence-corrected chi connectivity index (χ0v) is 18.7. The lowest BCUT2D eigenvalue weighted by molar-refractivity contribution is -0.113. The lowest BCUT2D eigenvalue weighted by Crippen LogP contribution is -2.20. The SMILES string of the molecule is CC(=O)c1ccc(SCC(=O)Nc2cccc(S(=O)(=O)/N=C3\CCCN3C)c2)c(F)c1. The molecule has 10 heteroatoms. The van der Waals surface area contributed by atoms with Crippen molar-refractivity contribution < 1.29 is 22.4 Å². The van der Waals surface area contributed by atoms with E-state index < -0.39 is 21.7 Å². The Bertz CT molecular complexity index is 1150. The predicted molar refractivity (Wildman–Crippen MR) is 119 cm³/mol. The Labute approximate surface area is 184 Å². The van der Waals surface area contributed by atoms with Crippen LogP contribution in [0.5, 0.6) is 0 Å². The number of likely N-dealkylation sites (tertiary alicyclic amines) is 1. The van der Waals surface area contributed by atoms with Gasteiger partial charge in [-0.1, -0.05) is 12.1 Å². The van der Waals surface area contributed by atoms with Crippen molar-refractivity contribution in [2.24, 2.45) is 4.40 Å². The Kier molecular flexibility index (Phi) is 7.11. The van der Waals surface area contributed by atoms with Crippen LogP contribution < -0.4 is 5.32 Å². The smallest absolute Gasteiger partial charge is 0.284 e. The molecule has 0 spiro atoms. The van der Waals surface area contributed by atoms with E-state index in [1.807, 2.05) is 4.90 Å². The molecule has 2 aromatic carbocycles. The number of Topliss-reactive ketones (excluding diaryl/α,β-unsaturated/α-hetero) is 1. The van der Waals surface area contributed by atoms with Crippen LogP contribution in [0.3, 0.4) is 0 Å². The van der Waals surface area contributed by atoms with Gasteiger partial charge in [-0.15, -0.1) is 16.2 Å². The van der Waals surface area contributed by atoms with E-state index in [1.54, 1.807) is 13.1 Å². The maximum atomic E-state index is 14.1. The van der Waals surface area contributed by atoms with Crippen LogP contribution >= 0.6 is 11.8 Å². The first-order chi connectivity index (χ1) is 14.7. The second kappa shape index (κ2) is 9.61. The van der Waals surface area contributed by atoms with Crippen LogP contribution in [0, 0.1) is 5.82 Å². The van der Waals surface area contributed by atoms with Gasteiger partial charge in [0.15, 0.2) is 5.78 Å². The molecule has 31 heavy (non-hydrogen) atoms. The monoisotopic (exact) mass is 463 g/mol. The second-order valence-electron chi connectivity index (χ2n) is 7.07. The van der Waals surface area contributed by atoms with Gasteiger partial charge in [0.25, 0.3) is 10.0 Å². The highest BCUT2D eigenvalue weighted by Gasteiger charge is 2.20. The van der Waals surface area contributed by atoms with E-state index in [4.69, 9.17) is 0 Å². The van der Waals surface area contributed by atoms with Gasteiger partial charge in [-0.05, 0) is 43.7 Å². The number of rotatable bonds is 7. The molecule has 0 bridgehead atoms. The van der Waals surface area contributed by atoms with E-state index in [1.165, 1.54) is 37.3 Å². The molecular weight excluding hydrogens is 441 g/mol. The zero-order valence-electron chi connectivity index (χ0n) is 17.1. The molecule has 0 unspecified atom stereocenters. The van der Waals surface area contributed by atoms with Crippen molar-refractivity contribution in [1.82, 2.24) is 4.90 Å². The number of hydrogen-bond acceptors (Lipinski definition) is 5. The molecule has 1 saturated heterocycles. The zero-order chi connectivity index (χ0) is 22.6. The van der Waals surface area contributed by atoms with E-state index in [2.05, 4.69) is 9.71 Å². The Balaban J connectivity index is 1.65. The summed E-state index contributed by atoms with van der Waals surface area (Å²) >= 11 is 0.982. The molecule has 0 aromatic heterocycles. The van der Waals surface area contributed by atoms with E-state index in [0.29, 0.717) is 17.9 Å².